The fourth-order valence-electron chi connectivity index (χ4n) is 5.30. The number of aromatic nitrogens is 1. The zero-order valence-corrected chi connectivity index (χ0v) is 22.4. The summed E-state index contributed by atoms with van der Waals surface area (Å²) >= 11 is 12.5. The number of aryl methyl sites for hydroxylation is 1. The van der Waals surface area contributed by atoms with Gasteiger partial charge in [0.15, 0.2) is 0 Å². The van der Waals surface area contributed by atoms with E-state index in [2.05, 4.69) is 4.98 Å². The van der Waals surface area contributed by atoms with Crippen LogP contribution in [0.25, 0.3) is 0 Å². The average Bonchev–Trinajstić information content (AvgIpc) is 2.89. The number of hydrogen-bond acceptors (Lipinski definition) is 4. The third-order valence-corrected chi connectivity index (χ3v) is 8.24. The molecule has 0 N–H and O–H groups in total. The minimum Gasteiger partial charge on any atom is -0.343 e. The average molecular weight is 531 g/mol. The number of pyridine rings is 1. The molecule has 0 saturated carbocycles. The van der Waals surface area contributed by atoms with Crippen molar-refractivity contribution in [3.8, 4) is 0 Å². The van der Waals surface area contributed by atoms with Crippen LogP contribution >= 0.6 is 23.2 Å². The first kappa shape index (κ1) is 26.4. The zero-order valence-electron chi connectivity index (χ0n) is 20.9. The molecule has 2 unspecified atom stereocenters. The minimum atomic E-state index is -0.151. The Morgan fingerprint density at radius 3 is 2.28 bits per heavy atom. The van der Waals surface area contributed by atoms with Crippen molar-refractivity contribution in [1.29, 1.82) is 0 Å². The first-order chi connectivity index (χ1) is 17.2. The Morgan fingerprint density at radius 2 is 1.67 bits per heavy atom. The van der Waals surface area contributed by atoms with Crippen molar-refractivity contribution in [2.24, 2.45) is 5.92 Å². The lowest BCUT2D eigenvalue weighted by atomic mass is 9.84. The van der Waals surface area contributed by atoms with Gasteiger partial charge in [-0.3, -0.25) is 19.4 Å². The normalized spacial score (nSPS) is 20.8. The van der Waals surface area contributed by atoms with Gasteiger partial charge in [0.25, 0.3) is 5.91 Å². The maximum Gasteiger partial charge on any atom is 0.272 e. The quantitative estimate of drug-likeness (QED) is 0.586. The molecule has 0 radical (unpaired) electrons. The molecule has 9 heteroatoms. The molecule has 2 fully saturated rings. The summed E-state index contributed by atoms with van der Waals surface area (Å²) in [5, 5.41) is 0.911. The maximum atomic E-state index is 13.5. The molecule has 1 aromatic heterocycles. The van der Waals surface area contributed by atoms with Gasteiger partial charge in [0.2, 0.25) is 11.8 Å². The van der Waals surface area contributed by atoms with Crippen LogP contribution in [0.2, 0.25) is 10.0 Å². The van der Waals surface area contributed by atoms with E-state index in [1.165, 1.54) is 0 Å². The van der Waals surface area contributed by atoms with Crippen LogP contribution in [0.1, 0.15) is 53.7 Å². The van der Waals surface area contributed by atoms with E-state index >= 15 is 0 Å². The number of nitrogens with zero attached hydrogens (tertiary/aromatic N) is 4. The molecule has 2 aliphatic rings. The molecule has 2 aromatic rings. The van der Waals surface area contributed by atoms with Crippen molar-refractivity contribution in [2.45, 2.75) is 45.1 Å². The summed E-state index contributed by atoms with van der Waals surface area (Å²) in [6.07, 6.45) is 3.67. The summed E-state index contributed by atoms with van der Waals surface area (Å²) in [6.45, 7) is 5.76. The van der Waals surface area contributed by atoms with Crippen LogP contribution in [0.3, 0.4) is 0 Å². The smallest absolute Gasteiger partial charge is 0.272 e. The lowest BCUT2D eigenvalue weighted by Gasteiger charge is -2.44. The highest BCUT2D eigenvalue weighted by Crippen LogP contribution is 2.35. The first-order valence-electron chi connectivity index (χ1n) is 12.3. The second kappa shape index (κ2) is 11.2. The Kier molecular flexibility index (Phi) is 8.20. The summed E-state index contributed by atoms with van der Waals surface area (Å²) in [4.78, 5) is 48.2. The van der Waals surface area contributed by atoms with Crippen LogP contribution in [0, 0.1) is 12.8 Å². The van der Waals surface area contributed by atoms with Gasteiger partial charge in [0, 0.05) is 64.2 Å². The minimum absolute atomic E-state index is 0.0529. The Labute approximate surface area is 222 Å². The molecule has 4 rings (SSSR count). The summed E-state index contributed by atoms with van der Waals surface area (Å²) in [6, 6.07) is 9.01. The molecule has 7 nitrogen and oxygen atoms in total. The molecular weight excluding hydrogens is 499 g/mol. The van der Waals surface area contributed by atoms with Gasteiger partial charge in [-0.2, -0.15) is 0 Å². The third-order valence-electron chi connectivity index (χ3n) is 7.50. The highest BCUT2D eigenvalue weighted by molar-refractivity contribution is 6.42. The number of benzene rings is 1. The van der Waals surface area contributed by atoms with E-state index in [0.717, 1.165) is 11.1 Å². The fraction of sp³-hybridized carbons (Fsp3) is 0.481. The van der Waals surface area contributed by atoms with Gasteiger partial charge in [-0.1, -0.05) is 35.3 Å². The number of hydrogen-bond donors (Lipinski definition) is 0. The lowest BCUT2D eigenvalue weighted by Crippen LogP contribution is -2.53. The highest BCUT2D eigenvalue weighted by atomic mass is 35.5. The standard InChI is InChI=1S/C27H32Cl2N4O3/c1-17-4-7-24(30-15-17)27(36)31(3)25-10-13-33(16-21(25)20-5-6-22(28)23(29)14-20)26(35)19-8-11-32(12-9-19)18(2)34/h4-7,14-15,19,21,25H,8-13,16H2,1-3H3. The second-order valence-electron chi connectivity index (χ2n) is 9.84. The molecular formula is C27H32Cl2N4O3. The molecule has 2 atom stereocenters. The van der Waals surface area contributed by atoms with E-state index in [4.69, 9.17) is 23.2 Å². The van der Waals surface area contributed by atoms with E-state index in [-0.39, 0.29) is 35.6 Å². The molecule has 3 amide bonds. The fourth-order valence-corrected chi connectivity index (χ4v) is 5.61. The van der Waals surface area contributed by atoms with Crippen molar-refractivity contribution in [1.82, 2.24) is 19.7 Å². The SMILES string of the molecule is CC(=O)N1CCC(C(=O)N2CCC(N(C)C(=O)c3ccc(C)cn3)C(c3ccc(Cl)c(Cl)c3)C2)CC1. The number of halogens is 2. The van der Waals surface area contributed by atoms with Crippen molar-refractivity contribution >= 4 is 40.9 Å². The van der Waals surface area contributed by atoms with Crippen molar-refractivity contribution in [3.05, 3.63) is 63.4 Å². The summed E-state index contributed by atoms with van der Waals surface area (Å²) in [5.74, 6) is -0.202. The summed E-state index contributed by atoms with van der Waals surface area (Å²) in [5.41, 5.74) is 2.32. The maximum absolute atomic E-state index is 13.5. The molecule has 2 saturated heterocycles. The Bertz CT molecular complexity index is 1130. The first-order valence-corrected chi connectivity index (χ1v) is 13.1. The molecule has 2 aliphatic heterocycles. The van der Waals surface area contributed by atoms with Gasteiger partial charge >= 0.3 is 0 Å². The number of carbonyl (C=O) groups is 3. The topological polar surface area (TPSA) is 73.8 Å². The number of piperidine rings is 2. The van der Waals surface area contributed by atoms with Gasteiger partial charge in [-0.15, -0.1) is 0 Å². The largest absolute Gasteiger partial charge is 0.343 e. The molecule has 0 spiro atoms. The predicted molar refractivity (Wildman–Crippen MR) is 140 cm³/mol. The van der Waals surface area contributed by atoms with Crippen LogP contribution in [0.5, 0.6) is 0 Å². The number of carbonyl (C=O) groups excluding carboxylic acids is 3. The molecule has 192 valence electrons. The summed E-state index contributed by atoms with van der Waals surface area (Å²) < 4.78 is 0. The Morgan fingerprint density at radius 1 is 0.972 bits per heavy atom. The van der Waals surface area contributed by atoms with Crippen LogP contribution in [0.15, 0.2) is 36.5 Å². The van der Waals surface area contributed by atoms with Gasteiger partial charge < -0.3 is 14.7 Å². The second-order valence-corrected chi connectivity index (χ2v) is 10.7. The van der Waals surface area contributed by atoms with E-state index in [9.17, 15) is 14.4 Å². The van der Waals surface area contributed by atoms with Crippen LogP contribution in [0.4, 0.5) is 0 Å². The van der Waals surface area contributed by atoms with E-state index in [1.54, 1.807) is 42.1 Å². The Hall–Kier alpha value is -2.64. The highest BCUT2D eigenvalue weighted by Gasteiger charge is 2.39. The predicted octanol–water partition coefficient (Wildman–Crippen LogP) is 4.41. The number of rotatable bonds is 4. The molecule has 1 aromatic carbocycles. The Balaban J connectivity index is 1.55. The number of likely N-dealkylation sites (tertiary alicyclic amines) is 2. The van der Waals surface area contributed by atoms with Crippen LogP contribution in [-0.4, -0.2) is 76.7 Å². The summed E-state index contributed by atoms with van der Waals surface area (Å²) in [7, 11) is 1.80. The zero-order chi connectivity index (χ0) is 26.0. The van der Waals surface area contributed by atoms with Gasteiger partial charge in [0.1, 0.15) is 5.69 Å². The van der Waals surface area contributed by atoms with Crippen molar-refractivity contribution < 1.29 is 14.4 Å². The monoisotopic (exact) mass is 530 g/mol. The van der Waals surface area contributed by atoms with E-state index in [0.29, 0.717) is 61.2 Å². The molecule has 0 bridgehead atoms. The lowest BCUT2D eigenvalue weighted by molar-refractivity contribution is -0.141. The molecule has 0 aliphatic carbocycles. The van der Waals surface area contributed by atoms with Gasteiger partial charge in [0.05, 0.1) is 10.0 Å². The van der Waals surface area contributed by atoms with Crippen molar-refractivity contribution in [3.63, 3.8) is 0 Å². The van der Waals surface area contributed by atoms with Crippen molar-refractivity contribution in [2.75, 3.05) is 33.2 Å². The van der Waals surface area contributed by atoms with Crippen LogP contribution in [-0.2, 0) is 9.59 Å². The molecule has 36 heavy (non-hydrogen) atoms. The van der Waals surface area contributed by atoms with E-state index in [1.807, 2.05) is 30.0 Å². The van der Waals surface area contributed by atoms with Crippen LogP contribution < -0.4 is 0 Å². The number of amides is 3. The number of likely N-dealkylation sites (N-methyl/N-ethyl adjacent to an activating group) is 1. The van der Waals surface area contributed by atoms with Gasteiger partial charge in [-0.05, 0) is 55.5 Å². The van der Waals surface area contributed by atoms with Gasteiger partial charge in [-0.25, -0.2) is 0 Å². The van der Waals surface area contributed by atoms with E-state index < -0.39 is 0 Å². The third kappa shape index (κ3) is 5.68. The molecule has 3 heterocycles.